The van der Waals surface area contributed by atoms with E-state index in [-0.39, 0.29) is 0 Å². The number of rotatable bonds is 11. The van der Waals surface area contributed by atoms with Crippen LogP contribution in [0.1, 0.15) is 46.5 Å². The molecule has 122 valence electrons. The van der Waals surface area contributed by atoms with Crippen LogP contribution in [-0.4, -0.2) is 17.8 Å². The Bertz CT molecular complexity index is 448. The molecule has 0 aliphatic heterocycles. The maximum atomic E-state index is 12.8. The largest absolute Gasteiger partial charge is 0.535 e. The predicted octanol–water partition coefficient (Wildman–Crippen LogP) is 3.45. The lowest BCUT2D eigenvalue weighted by Crippen LogP contribution is -2.28. The second-order valence-corrected chi connectivity index (χ2v) is 6.48. The summed E-state index contributed by atoms with van der Waals surface area (Å²) in [6, 6.07) is 0.480. The molecule has 0 N–H and O–H groups in total. The van der Waals surface area contributed by atoms with Crippen molar-refractivity contribution in [1.82, 2.24) is 4.57 Å². The van der Waals surface area contributed by atoms with Gasteiger partial charge in [0.25, 0.3) is 0 Å². The molecule has 0 spiro atoms. The molecule has 0 aliphatic carbocycles. The Balaban J connectivity index is 2.79. The van der Waals surface area contributed by atoms with E-state index in [1.807, 2.05) is 30.9 Å². The third-order valence-corrected chi connectivity index (χ3v) is 4.43. The van der Waals surface area contributed by atoms with Gasteiger partial charge in [-0.25, -0.2) is 4.57 Å². The Kier molecular flexibility index (Phi) is 8.01. The van der Waals surface area contributed by atoms with Crippen LogP contribution in [-0.2, 0) is 27.2 Å². The lowest BCUT2D eigenvalue weighted by Gasteiger charge is -2.16. The SMILES string of the molecule is CCCCOP(=O)(OCCCC)Oc1n(CC)cc[n+]1C. The van der Waals surface area contributed by atoms with Crippen LogP contribution in [0, 0.1) is 0 Å². The average Bonchev–Trinajstić information content (AvgIpc) is 2.80. The zero-order valence-electron chi connectivity index (χ0n) is 13.6. The predicted molar refractivity (Wildman–Crippen MR) is 81.2 cm³/mol. The van der Waals surface area contributed by atoms with Crippen LogP contribution in [0.3, 0.4) is 0 Å². The van der Waals surface area contributed by atoms with E-state index in [4.69, 9.17) is 13.6 Å². The van der Waals surface area contributed by atoms with Crippen molar-refractivity contribution in [2.45, 2.75) is 53.0 Å². The molecule has 1 rings (SSSR count). The molecule has 0 aromatic carbocycles. The Morgan fingerprint density at radius 1 is 1.14 bits per heavy atom. The van der Waals surface area contributed by atoms with E-state index >= 15 is 0 Å². The van der Waals surface area contributed by atoms with E-state index in [9.17, 15) is 4.57 Å². The van der Waals surface area contributed by atoms with Gasteiger partial charge in [-0.1, -0.05) is 26.7 Å². The van der Waals surface area contributed by atoms with Crippen molar-refractivity contribution in [2.24, 2.45) is 7.05 Å². The lowest BCUT2D eigenvalue weighted by atomic mass is 10.4. The topological polar surface area (TPSA) is 53.6 Å². The van der Waals surface area contributed by atoms with Crippen LogP contribution in [0.2, 0.25) is 0 Å². The zero-order chi connectivity index (χ0) is 15.7. The summed E-state index contributed by atoms with van der Waals surface area (Å²) < 4.78 is 32.9. The number of hydrogen-bond acceptors (Lipinski definition) is 4. The molecule has 0 saturated heterocycles. The van der Waals surface area contributed by atoms with E-state index < -0.39 is 7.82 Å². The van der Waals surface area contributed by atoms with Gasteiger partial charge in [0.2, 0.25) is 0 Å². The quantitative estimate of drug-likeness (QED) is 0.356. The van der Waals surface area contributed by atoms with Crippen LogP contribution in [0.4, 0.5) is 0 Å². The number of aryl methyl sites for hydroxylation is 2. The molecule has 0 atom stereocenters. The fraction of sp³-hybridized carbons (Fsp3) is 0.786. The molecule has 1 aromatic rings. The fourth-order valence-corrected chi connectivity index (χ4v) is 3.02. The van der Waals surface area contributed by atoms with E-state index in [1.54, 1.807) is 4.57 Å². The van der Waals surface area contributed by atoms with Gasteiger partial charge in [0.15, 0.2) is 0 Å². The van der Waals surface area contributed by atoms with Crippen molar-refractivity contribution in [2.75, 3.05) is 13.2 Å². The number of imidazole rings is 1. The normalized spacial score (nSPS) is 11.8. The summed E-state index contributed by atoms with van der Waals surface area (Å²) in [5.74, 6) is 0. The number of phosphoric acid groups is 1. The summed E-state index contributed by atoms with van der Waals surface area (Å²) in [5, 5.41) is 0. The van der Waals surface area contributed by atoms with Gasteiger partial charge >= 0.3 is 13.8 Å². The third-order valence-electron chi connectivity index (χ3n) is 3.05. The number of phosphoric ester groups is 1. The van der Waals surface area contributed by atoms with Crippen molar-refractivity contribution in [3.8, 4) is 6.01 Å². The van der Waals surface area contributed by atoms with Gasteiger partial charge in [-0.2, -0.15) is 9.13 Å². The van der Waals surface area contributed by atoms with Crippen LogP contribution in [0.25, 0.3) is 0 Å². The van der Waals surface area contributed by atoms with Crippen LogP contribution < -0.4 is 9.09 Å². The first kappa shape index (κ1) is 18.2. The summed E-state index contributed by atoms with van der Waals surface area (Å²) in [5.41, 5.74) is 0. The van der Waals surface area contributed by atoms with Crippen LogP contribution >= 0.6 is 7.82 Å². The summed E-state index contributed by atoms with van der Waals surface area (Å²) in [6.07, 6.45) is 7.30. The van der Waals surface area contributed by atoms with Gasteiger partial charge in [0.1, 0.15) is 12.4 Å². The Hall–Kier alpha value is -0.840. The molecule has 0 fully saturated rings. The first-order valence-electron chi connectivity index (χ1n) is 7.69. The highest BCUT2D eigenvalue weighted by Crippen LogP contribution is 2.49. The summed E-state index contributed by atoms with van der Waals surface area (Å²) in [6.45, 7) is 7.56. The van der Waals surface area contributed by atoms with Crippen LogP contribution in [0.5, 0.6) is 6.01 Å². The minimum absolute atomic E-state index is 0.371. The lowest BCUT2D eigenvalue weighted by molar-refractivity contribution is -0.674. The number of aromatic nitrogens is 2. The first-order valence-corrected chi connectivity index (χ1v) is 9.15. The Morgan fingerprint density at radius 3 is 2.19 bits per heavy atom. The highest BCUT2D eigenvalue weighted by atomic mass is 31.2. The van der Waals surface area contributed by atoms with Gasteiger partial charge in [-0.3, -0.25) is 9.05 Å². The summed E-state index contributed by atoms with van der Waals surface area (Å²) in [4.78, 5) is 0. The zero-order valence-corrected chi connectivity index (χ0v) is 14.5. The molecule has 6 nitrogen and oxygen atoms in total. The van der Waals surface area contributed by atoms with E-state index in [0.717, 1.165) is 32.2 Å². The standard InChI is InChI=1S/C14H28N2O4P/c1-5-8-12-18-21(17,19-13-9-6-2)20-14-15(4)10-11-16(14)7-3/h10-11H,5-9,12-13H2,1-4H3/q+1. The number of nitrogens with zero attached hydrogens (tertiary/aromatic N) is 2. The first-order chi connectivity index (χ1) is 10.1. The third kappa shape index (κ3) is 5.81. The van der Waals surface area contributed by atoms with Crippen molar-refractivity contribution < 1.29 is 22.7 Å². The molecule has 0 radical (unpaired) electrons. The van der Waals surface area contributed by atoms with Crippen LogP contribution in [0.15, 0.2) is 12.4 Å². The maximum absolute atomic E-state index is 12.8. The Morgan fingerprint density at radius 2 is 1.71 bits per heavy atom. The fourth-order valence-electron chi connectivity index (χ4n) is 1.70. The molecular formula is C14H28N2O4P+. The summed E-state index contributed by atoms with van der Waals surface area (Å²) >= 11 is 0. The van der Waals surface area contributed by atoms with Crippen molar-refractivity contribution >= 4 is 7.82 Å². The molecule has 0 bridgehead atoms. The maximum Gasteiger partial charge on any atom is 0.535 e. The monoisotopic (exact) mass is 319 g/mol. The molecule has 1 heterocycles. The minimum Gasteiger partial charge on any atom is -0.334 e. The second kappa shape index (κ2) is 9.23. The highest BCUT2D eigenvalue weighted by molar-refractivity contribution is 7.48. The Labute approximate surface area is 127 Å². The molecule has 21 heavy (non-hydrogen) atoms. The van der Waals surface area contributed by atoms with Crippen molar-refractivity contribution in [3.63, 3.8) is 0 Å². The average molecular weight is 319 g/mol. The van der Waals surface area contributed by atoms with Crippen molar-refractivity contribution in [1.29, 1.82) is 0 Å². The molecule has 0 unspecified atom stereocenters. The van der Waals surface area contributed by atoms with Gasteiger partial charge in [-0.15, -0.1) is 0 Å². The molecular weight excluding hydrogens is 291 g/mol. The number of unbranched alkanes of at least 4 members (excludes halogenated alkanes) is 2. The molecule has 7 heteroatoms. The molecule has 0 amide bonds. The number of hydrogen-bond donors (Lipinski definition) is 0. The van der Waals surface area contributed by atoms with E-state index in [2.05, 4.69) is 13.8 Å². The molecule has 0 aliphatic rings. The molecule has 0 saturated carbocycles. The summed E-state index contributed by atoms with van der Waals surface area (Å²) in [7, 11) is -1.74. The van der Waals surface area contributed by atoms with Gasteiger partial charge in [-0.05, 0) is 19.8 Å². The van der Waals surface area contributed by atoms with Crippen molar-refractivity contribution in [3.05, 3.63) is 12.4 Å². The highest BCUT2D eigenvalue weighted by Gasteiger charge is 2.33. The molecule has 1 aromatic heterocycles. The smallest absolute Gasteiger partial charge is 0.334 e. The van der Waals surface area contributed by atoms with Gasteiger partial charge in [0.05, 0.1) is 26.8 Å². The van der Waals surface area contributed by atoms with Gasteiger partial charge < -0.3 is 4.52 Å². The van der Waals surface area contributed by atoms with Gasteiger partial charge in [0, 0.05) is 0 Å². The second-order valence-electron chi connectivity index (χ2n) is 4.89. The minimum atomic E-state index is -3.58. The van der Waals surface area contributed by atoms with E-state index in [0.29, 0.717) is 19.2 Å². The van der Waals surface area contributed by atoms with E-state index in [1.165, 1.54) is 0 Å².